The first kappa shape index (κ1) is 14.6. The topological polar surface area (TPSA) is 29.5 Å². The van der Waals surface area contributed by atoms with Crippen LogP contribution in [0.3, 0.4) is 0 Å². The average molecular weight is 287 g/mol. The van der Waals surface area contributed by atoms with Gasteiger partial charge in [-0.25, -0.2) is 0 Å². The fourth-order valence-electron chi connectivity index (χ4n) is 3.74. The van der Waals surface area contributed by atoms with Gasteiger partial charge in [0.05, 0.1) is 6.10 Å². The second-order valence-electron chi connectivity index (χ2n) is 6.31. The Hall–Kier alpha value is -1.35. The van der Waals surface area contributed by atoms with Crippen LogP contribution >= 0.6 is 0 Å². The van der Waals surface area contributed by atoms with Gasteiger partial charge in [0, 0.05) is 31.5 Å². The van der Waals surface area contributed by atoms with Crippen molar-refractivity contribution in [2.24, 2.45) is 0 Å². The minimum Gasteiger partial charge on any atom is -0.378 e. The summed E-state index contributed by atoms with van der Waals surface area (Å²) in [7, 11) is 0. The highest BCUT2D eigenvalue weighted by atomic mass is 16.5. The van der Waals surface area contributed by atoms with Crippen LogP contribution in [0.1, 0.15) is 50.5 Å². The number of carbonyl (C=O) groups excluding carboxylic acids is 1. The van der Waals surface area contributed by atoms with Crippen molar-refractivity contribution < 1.29 is 9.53 Å². The van der Waals surface area contributed by atoms with E-state index in [0.717, 1.165) is 38.8 Å². The Bertz CT molecular complexity index is 467. The van der Waals surface area contributed by atoms with E-state index < -0.39 is 0 Å². The van der Waals surface area contributed by atoms with Gasteiger partial charge in [-0.15, -0.1) is 0 Å². The quantitative estimate of drug-likeness (QED) is 0.850. The second-order valence-corrected chi connectivity index (χ2v) is 6.31. The Morgan fingerprint density at radius 3 is 2.81 bits per heavy atom. The van der Waals surface area contributed by atoms with Crippen molar-refractivity contribution in [3.05, 3.63) is 35.9 Å². The molecule has 0 aliphatic carbocycles. The fraction of sp³-hybridized carbons (Fsp3) is 0.611. The van der Waals surface area contributed by atoms with Gasteiger partial charge in [-0.2, -0.15) is 0 Å². The van der Waals surface area contributed by atoms with Gasteiger partial charge >= 0.3 is 0 Å². The summed E-state index contributed by atoms with van der Waals surface area (Å²) in [6, 6.07) is 10.9. The summed E-state index contributed by atoms with van der Waals surface area (Å²) in [6.45, 7) is 3.95. The Balaban J connectivity index is 1.55. The molecule has 3 nitrogen and oxygen atoms in total. The van der Waals surface area contributed by atoms with Crippen molar-refractivity contribution in [3.8, 4) is 0 Å². The zero-order valence-corrected chi connectivity index (χ0v) is 12.8. The smallest absolute Gasteiger partial charge is 0.222 e. The summed E-state index contributed by atoms with van der Waals surface area (Å²) in [6.07, 6.45) is 5.19. The standard InChI is InChI=1S/C18H25NO2/c1-14-17(15-6-3-2-4-7-15)11-12-19(14)18(20)10-9-16-8-5-13-21-16/h2-4,6-7,14,16-17H,5,8-13H2,1H3/t14-,16-,17+/m1/s1. The molecule has 1 aromatic rings. The number of amides is 1. The van der Waals surface area contributed by atoms with Gasteiger partial charge in [0.2, 0.25) is 5.91 Å². The van der Waals surface area contributed by atoms with Crippen molar-refractivity contribution >= 4 is 5.91 Å². The van der Waals surface area contributed by atoms with Gasteiger partial charge in [0.25, 0.3) is 0 Å². The third-order valence-corrected chi connectivity index (χ3v) is 5.01. The number of likely N-dealkylation sites (tertiary alicyclic amines) is 1. The molecular formula is C18H25NO2. The van der Waals surface area contributed by atoms with E-state index in [4.69, 9.17) is 4.74 Å². The number of ether oxygens (including phenoxy) is 1. The minimum absolute atomic E-state index is 0.302. The molecule has 2 fully saturated rings. The third kappa shape index (κ3) is 3.29. The van der Waals surface area contributed by atoms with Gasteiger partial charge < -0.3 is 9.64 Å². The Morgan fingerprint density at radius 2 is 2.10 bits per heavy atom. The molecule has 3 heteroatoms. The molecule has 2 aliphatic heterocycles. The lowest BCUT2D eigenvalue weighted by atomic mass is 9.93. The Morgan fingerprint density at radius 1 is 1.29 bits per heavy atom. The van der Waals surface area contributed by atoms with E-state index in [0.29, 0.717) is 30.4 Å². The van der Waals surface area contributed by atoms with Gasteiger partial charge in [-0.3, -0.25) is 4.79 Å². The maximum Gasteiger partial charge on any atom is 0.222 e. The van der Waals surface area contributed by atoms with Crippen molar-refractivity contribution in [3.63, 3.8) is 0 Å². The zero-order chi connectivity index (χ0) is 14.7. The largest absolute Gasteiger partial charge is 0.378 e. The number of carbonyl (C=O) groups is 1. The van der Waals surface area contributed by atoms with Crippen molar-refractivity contribution in [1.82, 2.24) is 4.90 Å². The summed E-state index contributed by atoms with van der Waals surface area (Å²) >= 11 is 0. The van der Waals surface area contributed by atoms with Crippen LogP contribution in [0.2, 0.25) is 0 Å². The maximum atomic E-state index is 12.5. The van der Waals surface area contributed by atoms with Crippen LogP contribution in [0.5, 0.6) is 0 Å². The molecule has 0 saturated carbocycles. The summed E-state index contributed by atoms with van der Waals surface area (Å²) in [4.78, 5) is 14.5. The van der Waals surface area contributed by atoms with Gasteiger partial charge in [-0.1, -0.05) is 30.3 Å². The number of rotatable bonds is 4. The van der Waals surface area contributed by atoms with Gasteiger partial charge in [0.15, 0.2) is 0 Å². The van der Waals surface area contributed by atoms with E-state index in [-0.39, 0.29) is 0 Å². The Kier molecular flexibility index (Phi) is 4.59. The molecule has 2 aliphatic rings. The van der Waals surface area contributed by atoms with Crippen molar-refractivity contribution in [1.29, 1.82) is 0 Å². The third-order valence-electron chi connectivity index (χ3n) is 5.01. The van der Waals surface area contributed by atoms with E-state index in [1.807, 2.05) is 6.07 Å². The number of hydrogen-bond acceptors (Lipinski definition) is 2. The molecule has 0 aromatic heterocycles. The summed E-state index contributed by atoms with van der Waals surface area (Å²) in [5.74, 6) is 0.786. The summed E-state index contributed by atoms with van der Waals surface area (Å²) < 4.78 is 5.61. The lowest BCUT2D eigenvalue weighted by molar-refractivity contribution is -0.132. The lowest BCUT2D eigenvalue weighted by Gasteiger charge is -2.25. The van der Waals surface area contributed by atoms with E-state index in [1.54, 1.807) is 0 Å². The fourth-order valence-corrected chi connectivity index (χ4v) is 3.74. The van der Waals surface area contributed by atoms with Gasteiger partial charge in [-0.05, 0) is 38.2 Å². The van der Waals surface area contributed by atoms with E-state index in [1.165, 1.54) is 5.56 Å². The van der Waals surface area contributed by atoms with Crippen LogP contribution in [0, 0.1) is 0 Å². The molecule has 0 unspecified atom stereocenters. The van der Waals surface area contributed by atoms with Crippen LogP contribution in [-0.4, -0.2) is 36.1 Å². The zero-order valence-electron chi connectivity index (χ0n) is 12.8. The van der Waals surface area contributed by atoms with E-state index in [9.17, 15) is 4.79 Å². The summed E-state index contributed by atoms with van der Waals surface area (Å²) in [5.41, 5.74) is 1.36. The SMILES string of the molecule is C[C@@H]1[C@@H](c2ccccc2)CCN1C(=O)CC[C@H]1CCCO1. The van der Waals surface area contributed by atoms with Crippen molar-refractivity contribution in [2.75, 3.05) is 13.2 Å². The van der Waals surface area contributed by atoms with Crippen LogP contribution in [0.15, 0.2) is 30.3 Å². The first-order valence-electron chi connectivity index (χ1n) is 8.21. The van der Waals surface area contributed by atoms with Crippen molar-refractivity contribution in [2.45, 2.75) is 57.1 Å². The van der Waals surface area contributed by atoms with Gasteiger partial charge in [0.1, 0.15) is 0 Å². The number of benzene rings is 1. The second kappa shape index (κ2) is 6.61. The number of nitrogens with zero attached hydrogens (tertiary/aromatic N) is 1. The first-order valence-corrected chi connectivity index (χ1v) is 8.21. The molecule has 0 spiro atoms. The molecule has 114 valence electrons. The number of hydrogen-bond donors (Lipinski definition) is 0. The average Bonchev–Trinajstić information content (AvgIpc) is 3.15. The highest BCUT2D eigenvalue weighted by Crippen LogP contribution is 2.33. The monoisotopic (exact) mass is 287 g/mol. The van der Waals surface area contributed by atoms with Crippen LogP contribution in [0.4, 0.5) is 0 Å². The molecule has 0 radical (unpaired) electrons. The maximum absolute atomic E-state index is 12.5. The Labute approximate surface area is 127 Å². The van der Waals surface area contributed by atoms with Crippen LogP contribution in [-0.2, 0) is 9.53 Å². The molecule has 1 amide bonds. The molecule has 1 aromatic carbocycles. The molecule has 3 rings (SSSR count). The minimum atomic E-state index is 0.302. The molecule has 0 bridgehead atoms. The van der Waals surface area contributed by atoms with E-state index >= 15 is 0 Å². The highest BCUT2D eigenvalue weighted by Gasteiger charge is 2.34. The molecule has 3 atom stereocenters. The molecule has 2 saturated heterocycles. The molecule has 21 heavy (non-hydrogen) atoms. The normalized spacial score (nSPS) is 29.0. The lowest BCUT2D eigenvalue weighted by Crippen LogP contribution is -2.35. The van der Waals surface area contributed by atoms with E-state index in [2.05, 4.69) is 36.1 Å². The van der Waals surface area contributed by atoms with Crippen LogP contribution < -0.4 is 0 Å². The predicted molar refractivity (Wildman–Crippen MR) is 83.2 cm³/mol. The first-order chi connectivity index (χ1) is 10.3. The molecular weight excluding hydrogens is 262 g/mol. The molecule has 0 N–H and O–H groups in total. The predicted octanol–water partition coefficient (Wildman–Crippen LogP) is 3.35. The van der Waals surface area contributed by atoms with Crippen LogP contribution in [0.25, 0.3) is 0 Å². The molecule has 2 heterocycles. The highest BCUT2D eigenvalue weighted by molar-refractivity contribution is 5.77. The summed E-state index contributed by atoms with van der Waals surface area (Å²) in [5, 5.41) is 0.